The van der Waals surface area contributed by atoms with Crippen molar-refractivity contribution >= 4 is 45.5 Å². The van der Waals surface area contributed by atoms with E-state index < -0.39 is 0 Å². The van der Waals surface area contributed by atoms with Crippen LogP contribution in [0.3, 0.4) is 0 Å². The van der Waals surface area contributed by atoms with E-state index in [1.54, 1.807) is 14.2 Å². The zero-order valence-corrected chi connectivity index (χ0v) is 17.3. The molecule has 2 N–H and O–H groups in total. The fourth-order valence-electron chi connectivity index (χ4n) is 2.45. The molecule has 1 saturated heterocycles. The minimum Gasteiger partial charge on any atom is -0.493 e. The van der Waals surface area contributed by atoms with Crippen molar-refractivity contribution in [2.45, 2.75) is 24.0 Å². The van der Waals surface area contributed by atoms with Crippen molar-refractivity contribution in [3.05, 3.63) is 22.2 Å². The lowest BCUT2D eigenvalue weighted by Gasteiger charge is -2.21. The van der Waals surface area contributed by atoms with Gasteiger partial charge in [0.05, 0.1) is 24.8 Å². The van der Waals surface area contributed by atoms with Crippen molar-refractivity contribution in [1.29, 1.82) is 0 Å². The van der Waals surface area contributed by atoms with Gasteiger partial charge in [0.2, 0.25) is 0 Å². The number of hydrogen-bond acceptors (Lipinski definition) is 5. The first kappa shape index (κ1) is 19.6. The molecule has 1 aliphatic heterocycles. The molecule has 1 atom stereocenters. The van der Waals surface area contributed by atoms with Gasteiger partial charge >= 0.3 is 6.03 Å². The highest BCUT2D eigenvalue weighted by Crippen LogP contribution is 2.37. The number of nitrogens with one attached hydrogen (secondary N) is 2. The van der Waals surface area contributed by atoms with E-state index in [-0.39, 0.29) is 12.1 Å². The van der Waals surface area contributed by atoms with Gasteiger partial charge in [-0.05, 0) is 24.1 Å². The van der Waals surface area contributed by atoms with E-state index in [1.807, 2.05) is 42.6 Å². The zero-order chi connectivity index (χ0) is 17.5. The fourth-order valence-corrected chi connectivity index (χ4v) is 5.71. The molecule has 134 valence electrons. The Morgan fingerprint density at radius 3 is 2.50 bits per heavy atom. The predicted molar refractivity (Wildman–Crippen MR) is 106 cm³/mol. The maximum atomic E-state index is 12.2. The quantitative estimate of drug-likeness (QED) is 0.678. The first-order chi connectivity index (χ1) is 11.6. The second-order valence-electron chi connectivity index (χ2n) is 5.22. The fraction of sp³-hybridized carbons (Fsp3) is 0.562. The Kier molecular flexibility index (Phi) is 7.90. The monoisotopic (exact) mass is 434 g/mol. The summed E-state index contributed by atoms with van der Waals surface area (Å²) in [6, 6.07) is 3.52. The number of ether oxygens (including phenoxy) is 2. The number of methoxy groups -OCH3 is 2. The number of hydrogen-bond donors (Lipinski definition) is 2. The molecule has 1 aliphatic rings. The van der Waals surface area contributed by atoms with E-state index in [1.165, 1.54) is 0 Å². The van der Waals surface area contributed by atoms with Gasteiger partial charge in [-0.2, -0.15) is 0 Å². The number of benzene rings is 1. The van der Waals surface area contributed by atoms with E-state index in [0.717, 1.165) is 28.0 Å². The third-order valence-corrected chi connectivity index (χ3v) is 7.43. The molecule has 2 amide bonds. The highest BCUT2D eigenvalue weighted by molar-refractivity contribution is 9.10. The minimum absolute atomic E-state index is 0.108. The lowest BCUT2D eigenvalue weighted by atomic mass is 10.0. The van der Waals surface area contributed by atoms with E-state index in [9.17, 15) is 4.79 Å². The zero-order valence-electron chi connectivity index (χ0n) is 14.1. The Hall–Kier alpha value is -0.730. The first-order valence-corrected chi connectivity index (χ1v) is 10.7. The van der Waals surface area contributed by atoms with Crippen molar-refractivity contribution < 1.29 is 14.3 Å². The van der Waals surface area contributed by atoms with Gasteiger partial charge in [0, 0.05) is 22.5 Å². The van der Waals surface area contributed by atoms with Crippen LogP contribution in [0.1, 0.15) is 24.9 Å². The molecule has 8 heteroatoms. The van der Waals surface area contributed by atoms with Gasteiger partial charge in [-0.3, -0.25) is 0 Å². The third-order valence-electron chi connectivity index (χ3n) is 3.71. The van der Waals surface area contributed by atoms with Crippen molar-refractivity contribution in [2.75, 3.05) is 32.3 Å². The number of carbonyl (C=O) groups excluding carboxylic acids is 1. The topological polar surface area (TPSA) is 59.6 Å². The summed E-state index contributed by atoms with van der Waals surface area (Å²) < 4.78 is 12.0. The summed E-state index contributed by atoms with van der Waals surface area (Å²) in [5, 5.41) is 6.01. The highest BCUT2D eigenvalue weighted by Gasteiger charge is 2.20. The number of thioether (sulfide) groups is 2. The van der Waals surface area contributed by atoms with Crippen LogP contribution in [0.15, 0.2) is 16.6 Å². The van der Waals surface area contributed by atoms with Crippen LogP contribution in [-0.4, -0.2) is 42.9 Å². The molecule has 1 aromatic carbocycles. The van der Waals surface area contributed by atoms with Gasteiger partial charge in [-0.25, -0.2) is 4.79 Å². The van der Waals surface area contributed by atoms with Crippen molar-refractivity contribution in [3.63, 3.8) is 0 Å². The Bertz CT molecular complexity index is 568. The van der Waals surface area contributed by atoms with Crippen LogP contribution < -0.4 is 20.1 Å². The van der Waals surface area contributed by atoms with Gasteiger partial charge in [-0.15, -0.1) is 23.5 Å². The molecule has 1 aromatic rings. The normalized spacial score (nSPS) is 15.8. The molecular weight excluding hydrogens is 412 g/mol. The third kappa shape index (κ3) is 5.13. The summed E-state index contributed by atoms with van der Waals surface area (Å²) in [5.41, 5.74) is 0.968. The maximum absolute atomic E-state index is 12.2. The average molecular weight is 435 g/mol. The van der Waals surface area contributed by atoms with Crippen LogP contribution in [0.4, 0.5) is 4.79 Å². The summed E-state index contributed by atoms with van der Waals surface area (Å²) in [6.07, 6.45) is 0.772. The number of rotatable bonds is 7. The Balaban J connectivity index is 2.03. The largest absolute Gasteiger partial charge is 0.493 e. The molecule has 0 spiro atoms. The molecule has 0 radical (unpaired) electrons. The number of halogens is 1. The van der Waals surface area contributed by atoms with Crippen LogP contribution in [-0.2, 0) is 0 Å². The second-order valence-corrected chi connectivity index (χ2v) is 8.99. The predicted octanol–water partition coefficient (Wildman–Crippen LogP) is 4.02. The van der Waals surface area contributed by atoms with Crippen LogP contribution in [0.5, 0.6) is 11.5 Å². The Morgan fingerprint density at radius 1 is 1.29 bits per heavy atom. The van der Waals surface area contributed by atoms with Gasteiger partial charge in [0.15, 0.2) is 11.5 Å². The molecule has 0 saturated carbocycles. The Labute approximate surface area is 160 Å². The standard InChI is InChI=1S/C16H23BrN2O3S2/c1-4-12(19-16(20)18-9-15-23-5-6-24-15)10-7-13(21-2)14(22-3)8-11(10)17/h7-8,12,15H,4-6,9H2,1-3H3,(H2,18,19,20)/t12-/m0/s1. The van der Waals surface area contributed by atoms with E-state index in [2.05, 4.69) is 26.6 Å². The Morgan fingerprint density at radius 2 is 1.92 bits per heavy atom. The molecule has 5 nitrogen and oxygen atoms in total. The SMILES string of the molecule is CC[C@H](NC(=O)NCC1SCCS1)c1cc(OC)c(OC)cc1Br. The maximum Gasteiger partial charge on any atom is 0.315 e. The van der Waals surface area contributed by atoms with Crippen LogP contribution in [0.25, 0.3) is 0 Å². The molecule has 0 aliphatic carbocycles. The summed E-state index contributed by atoms with van der Waals surface area (Å²) >= 11 is 7.36. The lowest BCUT2D eigenvalue weighted by molar-refractivity contribution is 0.237. The van der Waals surface area contributed by atoms with Crippen molar-refractivity contribution in [1.82, 2.24) is 10.6 Å². The van der Waals surface area contributed by atoms with Crippen LogP contribution >= 0.6 is 39.5 Å². The molecule has 24 heavy (non-hydrogen) atoms. The number of carbonyl (C=O) groups is 1. The first-order valence-electron chi connectivity index (χ1n) is 7.78. The molecule has 0 aromatic heterocycles. The summed E-state index contributed by atoms with van der Waals surface area (Å²) in [7, 11) is 3.21. The van der Waals surface area contributed by atoms with E-state index in [4.69, 9.17) is 9.47 Å². The summed E-state index contributed by atoms with van der Waals surface area (Å²) in [6.45, 7) is 2.72. The smallest absolute Gasteiger partial charge is 0.315 e. The van der Waals surface area contributed by atoms with Gasteiger partial charge < -0.3 is 20.1 Å². The van der Waals surface area contributed by atoms with E-state index >= 15 is 0 Å². The van der Waals surface area contributed by atoms with Gasteiger partial charge in [0.1, 0.15) is 0 Å². The average Bonchev–Trinajstić information content (AvgIpc) is 3.11. The molecule has 0 unspecified atom stereocenters. The minimum atomic E-state index is -0.142. The lowest BCUT2D eigenvalue weighted by Crippen LogP contribution is -2.40. The van der Waals surface area contributed by atoms with Crippen molar-refractivity contribution in [2.24, 2.45) is 0 Å². The molecule has 0 bridgehead atoms. The van der Waals surface area contributed by atoms with Gasteiger partial charge in [0.25, 0.3) is 0 Å². The van der Waals surface area contributed by atoms with Crippen LogP contribution in [0, 0.1) is 0 Å². The number of urea groups is 1. The van der Waals surface area contributed by atoms with Crippen LogP contribution in [0.2, 0.25) is 0 Å². The van der Waals surface area contributed by atoms with Crippen molar-refractivity contribution in [3.8, 4) is 11.5 Å². The molecule has 1 fully saturated rings. The second kappa shape index (κ2) is 9.68. The van der Waals surface area contributed by atoms with E-state index in [0.29, 0.717) is 22.6 Å². The molecule has 1 heterocycles. The molecular formula is C16H23BrN2O3S2. The number of amides is 2. The molecule has 2 rings (SSSR count). The summed E-state index contributed by atoms with van der Waals surface area (Å²) in [5.74, 6) is 3.63. The highest BCUT2D eigenvalue weighted by atomic mass is 79.9. The van der Waals surface area contributed by atoms with Gasteiger partial charge in [-0.1, -0.05) is 22.9 Å². The summed E-state index contributed by atoms with van der Waals surface area (Å²) in [4.78, 5) is 12.2.